The van der Waals surface area contributed by atoms with Crippen LogP contribution in [0.2, 0.25) is 0 Å². The molecule has 0 fully saturated rings. The van der Waals surface area contributed by atoms with Crippen LogP contribution in [0, 0.1) is 10.8 Å². The fourth-order valence-electron chi connectivity index (χ4n) is 5.50. The maximum absolute atomic E-state index is 13.7. The smallest absolute Gasteiger partial charge is 0.293 e. The summed E-state index contributed by atoms with van der Waals surface area (Å²) in [6.45, 7) is 0. The normalized spacial score (nSPS) is 11.9. The topological polar surface area (TPSA) is 99.3 Å². The van der Waals surface area contributed by atoms with Gasteiger partial charge in [-0.25, -0.2) is 9.97 Å². The average molecular weight is 741 g/mol. The molecule has 0 unspecified atom stereocenters. The van der Waals surface area contributed by atoms with E-state index in [-0.39, 0.29) is 38.3 Å². The Kier molecular flexibility index (Phi) is 9.19. The van der Waals surface area contributed by atoms with Gasteiger partial charge in [0.2, 0.25) is 0 Å². The second kappa shape index (κ2) is 13.8. The van der Waals surface area contributed by atoms with Gasteiger partial charge < -0.3 is 0 Å². The first-order chi connectivity index (χ1) is 24.8. The SMILES string of the molecule is N=C(SC(=N)c1cccc(-c2ccccc2C(F)(F)F)n1)c1ccc2ccc(-c3nnc(-c4cccc(-c5ccccc5C(F)(F)F)n4)s3)cc2c1. The number of benzene rings is 4. The van der Waals surface area contributed by atoms with Gasteiger partial charge in [-0.05, 0) is 71.1 Å². The molecule has 0 aliphatic carbocycles. The number of nitrogens with zero attached hydrogens (tertiary/aromatic N) is 4. The molecule has 0 radical (unpaired) electrons. The molecule has 0 spiro atoms. The minimum Gasteiger partial charge on any atom is -0.293 e. The summed E-state index contributed by atoms with van der Waals surface area (Å²) >= 11 is 2.05. The van der Waals surface area contributed by atoms with E-state index in [0.717, 1.165) is 40.2 Å². The average Bonchev–Trinajstić information content (AvgIpc) is 3.64. The predicted octanol–water partition coefficient (Wildman–Crippen LogP) is 11.3. The second-order valence-corrected chi connectivity index (χ2v) is 13.4. The van der Waals surface area contributed by atoms with Crippen LogP contribution in [0.3, 0.4) is 0 Å². The van der Waals surface area contributed by atoms with Crippen LogP contribution in [-0.4, -0.2) is 30.3 Å². The van der Waals surface area contributed by atoms with Gasteiger partial charge in [0.05, 0.1) is 28.2 Å². The van der Waals surface area contributed by atoms with Crippen molar-refractivity contribution in [3.63, 3.8) is 0 Å². The van der Waals surface area contributed by atoms with Crippen LogP contribution in [0.1, 0.15) is 22.4 Å². The van der Waals surface area contributed by atoms with Crippen LogP contribution in [0.15, 0.2) is 121 Å². The molecule has 0 saturated heterocycles. The Hall–Kier alpha value is -5.73. The predicted molar refractivity (Wildman–Crippen MR) is 192 cm³/mol. The van der Waals surface area contributed by atoms with E-state index in [4.69, 9.17) is 10.8 Å². The molecule has 0 atom stereocenters. The largest absolute Gasteiger partial charge is 0.417 e. The van der Waals surface area contributed by atoms with Gasteiger partial charge in [-0.2, -0.15) is 26.3 Å². The number of thioether (sulfide) groups is 1. The number of hydrogen-bond donors (Lipinski definition) is 2. The van der Waals surface area contributed by atoms with Crippen molar-refractivity contribution in [1.29, 1.82) is 10.8 Å². The molecule has 0 aliphatic rings. The van der Waals surface area contributed by atoms with Gasteiger partial charge in [0.25, 0.3) is 0 Å². The Labute approximate surface area is 300 Å². The molecule has 7 aromatic rings. The quantitative estimate of drug-likeness (QED) is 0.100. The number of rotatable bonds is 6. The molecule has 258 valence electrons. The Morgan fingerprint density at radius 1 is 0.538 bits per heavy atom. The third-order valence-corrected chi connectivity index (χ3v) is 9.79. The first-order valence-corrected chi connectivity index (χ1v) is 17.0. The maximum Gasteiger partial charge on any atom is 0.417 e. The zero-order valence-electron chi connectivity index (χ0n) is 26.4. The maximum atomic E-state index is 13.7. The highest BCUT2D eigenvalue weighted by Crippen LogP contribution is 2.39. The van der Waals surface area contributed by atoms with Gasteiger partial charge in [0, 0.05) is 22.3 Å². The van der Waals surface area contributed by atoms with E-state index in [1.54, 1.807) is 24.3 Å². The molecule has 7 rings (SSSR count). The van der Waals surface area contributed by atoms with E-state index < -0.39 is 23.5 Å². The van der Waals surface area contributed by atoms with Crippen molar-refractivity contribution in [2.75, 3.05) is 0 Å². The summed E-state index contributed by atoms with van der Waals surface area (Å²) in [4.78, 5) is 8.78. The van der Waals surface area contributed by atoms with Crippen molar-refractivity contribution in [2.45, 2.75) is 12.4 Å². The molecule has 0 bridgehead atoms. The van der Waals surface area contributed by atoms with Gasteiger partial charge in [-0.15, -0.1) is 10.2 Å². The Bertz CT molecular complexity index is 2490. The van der Waals surface area contributed by atoms with Gasteiger partial charge in [-0.3, -0.25) is 10.8 Å². The van der Waals surface area contributed by atoms with E-state index in [1.807, 2.05) is 24.3 Å². The fourth-order valence-corrected chi connectivity index (χ4v) is 6.98. The standard InChI is InChI=1S/C38H22F6N6S2/c39-37(40,41)27-9-3-1-7-25(27)29-11-5-13-31(47-29)34(46)51-33(45)22-17-15-21-16-18-23(20-24(21)19-22)35-49-50-36(52-35)32-14-6-12-30(48-32)26-8-2-4-10-28(26)38(42,43)44/h1-20,45-46H. The number of alkyl halides is 6. The molecule has 0 saturated carbocycles. The van der Waals surface area contributed by atoms with Crippen LogP contribution >= 0.6 is 23.1 Å². The lowest BCUT2D eigenvalue weighted by Crippen LogP contribution is -2.08. The Morgan fingerprint density at radius 3 is 1.79 bits per heavy atom. The Balaban J connectivity index is 1.11. The van der Waals surface area contributed by atoms with Crippen molar-refractivity contribution < 1.29 is 26.3 Å². The van der Waals surface area contributed by atoms with Crippen LogP contribution in [-0.2, 0) is 12.4 Å². The van der Waals surface area contributed by atoms with Crippen LogP contribution < -0.4 is 0 Å². The third-order valence-electron chi connectivity index (χ3n) is 7.95. The zero-order valence-corrected chi connectivity index (χ0v) is 28.1. The van der Waals surface area contributed by atoms with Crippen molar-refractivity contribution in [3.05, 3.63) is 144 Å². The molecule has 52 heavy (non-hydrogen) atoms. The lowest BCUT2D eigenvalue weighted by molar-refractivity contribution is -0.137. The summed E-state index contributed by atoms with van der Waals surface area (Å²) in [5.41, 5.74) is 0.200. The van der Waals surface area contributed by atoms with E-state index in [0.29, 0.717) is 21.3 Å². The van der Waals surface area contributed by atoms with E-state index >= 15 is 0 Å². The summed E-state index contributed by atoms with van der Waals surface area (Å²) in [5, 5.41) is 28.4. The molecular weight excluding hydrogens is 719 g/mol. The van der Waals surface area contributed by atoms with Gasteiger partial charge in [-0.1, -0.05) is 84.1 Å². The first-order valence-electron chi connectivity index (χ1n) is 15.4. The summed E-state index contributed by atoms with van der Waals surface area (Å²) in [6.07, 6.45) is -9.12. The number of hydrogen-bond acceptors (Lipinski definition) is 8. The molecule has 4 aromatic carbocycles. The monoisotopic (exact) mass is 740 g/mol. The fraction of sp³-hybridized carbons (Fsp3) is 0.0526. The lowest BCUT2D eigenvalue weighted by Gasteiger charge is -2.13. The number of pyridine rings is 2. The highest BCUT2D eigenvalue weighted by atomic mass is 32.2. The van der Waals surface area contributed by atoms with E-state index in [9.17, 15) is 26.3 Å². The van der Waals surface area contributed by atoms with Gasteiger partial charge in [0.1, 0.15) is 20.8 Å². The molecule has 14 heteroatoms. The van der Waals surface area contributed by atoms with Gasteiger partial charge >= 0.3 is 12.4 Å². The summed E-state index contributed by atoms with van der Waals surface area (Å²) < 4.78 is 81.9. The second-order valence-electron chi connectivity index (χ2n) is 11.4. The molecule has 2 N–H and O–H groups in total. The molecule has 0 amide bonds. The molecule has 0 aliphatic heterocycles. The minimum atomic E-state index is -4.58. The molecular formula is C38H22F6N6S2. The lowest BCUT2D eigenvalue weighted by atomic mass is 10.0. The number of nitrogens with one attached hydrogen (secondary N) is 2. The summed E-state index contributed by atoms with van der Waals surface area (Å²) in [6, 6.07) is 30.6. The van der Waals surface area contributed by atoms with Crippen LogP contribution in [0.4, 0.5) is 26.3 Å². The van der Waals surface area contributed by atoms with E-state index in [1.165, 1.54) is 72.0 Å². The van der Waals surface area contributed by atoms with Gasteiger partial charge in [0.15, 0.2) is 5.01 Å². The van der Waals surface area contributed by atoms with Crippen molar-refractivity contribution in [2.24, 2.45) is 0 Å². The Morgan fingerprint density at radius 2 is 1.12 bits per heavy atom. The number of fused-ring (bicyclic) bond motifs is 1. The highest BCUT2D eigenvalue weighted by molar-refractivity contribution is 8.27. The van der Waals surface area contributed by atoms with Crippen LogP contribution in [0.25, 0.3) is 54.6 Å². The van der Waals surface area contributed by atoms with E-state index in [2.05, 4.69) is 20.2 Å². The highest BCUT2D eigenvalue weighted by Gasteiger charge is 2.34. The zero-order chi connectivity index (χ0) is 36.6. The van der Waals surface area contributed by atoms with Crippen molar-refractivity contribution >= 4 is 44.0 Å². The van der Waals surface area contributed by atoms with Crippen molar-refractivity contribution in [3.8, 4) is 43.8 Å². The van der Waals surface area contributed by atoms with Crippen molar-refractivity contribution in [1.82, 2.24) is 20.2 Å². The summed E-state index contributed by atoms with van der Waals surface area (Å²) in [7, 11) is 0. The van der Waals surface area contributed by atoms with Crippen LogP contribution in [0.5, 0.6) is 0 Å². The summed E-state index contributed by atoms with van der Waals surface area (Å²) in [5.74, 6) is 0. The molecule has 3 heterocycles. The number of aromatic nitrogens is 4. The number of halogens is 6. The molecule has 6 nitrogen and oxygen atoms in total. The minimum absolute atomic E-state index is 0.0384. The molecule has 3 aromatic heterocycles. The first kappa shape index (κ1) is 34.7. The third kappa shape index (κ3) is 7.20.